The van der Waals surface area contributed by atoms with Crippen molar-refractivity contribution in [3.8, 4) is 0 Å². The van der Waals surface area contributed by atoms with Crippen LogP contribution < -0.4 is 5.32 Å². The van der Waals surface area contributed by atoms with E-state index in [9.17, 15) is 9.35 Å². The highest BCUT2D eigenvalue weighted by Crippen LogP contribution is 2.30. The molecule has 1 aromatic rings. The monoisotopic (exact) mass is 209 g/mol. The fourth-order valence-electron chi connectivity index (χ4n) is 1.20. The molecule has 1 heterocycles. The van der Waals surface area contributed by atoms with Crippen molar-refractivity contribution >= 4 is 22.8 Å². The molecule has 0 radical (unpaired) electrons. The Hall–Kier alpha value is -1.46. The minimum absolute atomic E-state index is 0.122. The third kappa shape index (κ3) is 1.36. The third-order valence-corrected chi connectivity index (χ3v) is 3.30. The van der Waals surface area contributed by atoms with Gasteiger partial charge in [-0.05, 0) is 12.1 Å². The van der Waals surface area contributed by atoms with E-state index in [1.54, 1.807) is 24.3 Å². The summed E-state index contributed by atoms with van der Waals surface area (Å²) in [6, 6.07) is 6.92. The molecule has 1 unspecified atom stereocenters. The van der Waals surface area contributed by atoms with Crippen molar-refractivity contribution in [2.75, 3.05) is 5.32 Å². The number of rotatable bonds is 1. The number of aliphatic carboxylic acids is 1. The fourth-order valence-corrected chi connectivity index (χ4v) is 2.29. The van der Waals surface area contributed by atoms with Gasteiger partial charge in [-0.1, -0.05) is 12.1 Å². The Morgan fingerprint density at radius 3 is 2.86 bits per heavy atom. The van der Waals surface area contributed by atoms with Crippen LogP contribution in [0.1, 0.15) is 0 Å². The van der Waals surface area contributed by atoms with E-state index in [2.05, 4.69) is 5.32 Å². The zero-order chi connectivity index (χ0) is 10.1. The molecule has 0 fully saturated rings. The first-order chi connectivity index (χ1) is 6.70. The normalized spacial score (nSPS) is 19.2. The highest BCUT2D eigenvalue weighted by atomic mass is 32.2. The molecule has 1 atom stereocenters. The Labute approximate surface area is 83.4 Å². The molecule has 72 valence electrons. The number of nitrogens with one attached hydrogen (secondary N) is 1. The summed E-state index contributed by atoms with van der Waals surface area (Å²) in [4.78, 5) is 11.1. The average Bonchev–Trinajstić information content (AvgIpc) is 2.18. The average molecular weight is 209 g/mol. The summed E-state index contributed by atoms with van der Waals surface area (Å²) >= 11 is -1.58. The van der Waals surface area contributed by atoms with Crippen molar-refractivity contribution in [1.82, 2.24) is 0 Å². The summed E-state index contributed by atoms with van der Waals surface area (Å²) < 4.78 is 11.7. The Bertz CT molecular complexity index is 416. The van der Waals surface area contributed by atoms with Crippen LogP contribution in [0.5, 0.6) is 0 Å². The molecule has 0 saturated heterocycles. The second-order valence-electron chi connectivity index (χ2n) is 2.72. The molecular formula is C9H7NO3S. The van der Waals surface area contributed by atoms with Gasteiger partial charge in [0.05, 0.1) is 11.9 Å². The zero-order valence-electron chi connectivity index (χ0n) is 7.06. The summed E-state index contributed by atoms with van der Waals surface area (Å²) in [5.41, 5.74) is 0.691. The van der Waals surface area contributed by atoms with Crippen molar-refractivity contribution in [3.63, 3.8) is 0 Å². The lowest BCUT2D eigenvalue weighted by molar-refractivity contribution is -0.131. The maximum absolute atomic E-state index is 11.7. The molecule has 1 aromatic carbocycles. The molecule has 1 aliphatic heterocycles. The van der Waals surface area contributed by atoms with Crippen molar-refractivity contribution in [2.45, 2.75) is 4.90 Å². The lowest BCUT2D eigenvalue weighted by atomic mass is 10.3. The van der Waals surface area contributed by atoms with Gasteiger partial charge in [0.2, 0.25) is 0 Å². The number of hydrogen-bond donors (Lipinski definition) is 2. The number of fused-ring (bicyclic) bond motifs is 1. The number of carboxylic acids is 1. The summed E-state index contributed by atoms with van der Waals surface area (Å²) in [6.07, 6.45) is 1.26. The summed E-state index contributed by atoms with van der Waals surface area (Å²) in [7, 11) is 0. The first-order valence-corrected chi connectivity index (χ1v) is 5.06. The first kappa shape index (κ1) is 9.11. The maximum Gasteiger partial charge on any atom is 0.386 e. The van der Waals surface area contributed by atoms with Gasteiger partial charge in [-0.25, -0.2) is 4.79 Å². The quantitative estimate of drug-likeness (QED) is 0.680. The van der Waals surface area contributed by atoms with Gasteiger partial charge < -0.3 is 15.0 Å². The molecule has 5 heteroatoms. The highest BCUT2D eigenvalue weighted by molar-refractivity contribution is 7.96. The van der Waals surface area contributed by atoms with E-state index < -0.39 is 17.1 Å². The van der Waals surface area contributed by atoms with Gasteiger partial charge in [0.25, 0.3) is 4.91 Å². The second-order valence-corrected chi connectivity index (χ2v) is 4.14. The molecule has 0 aliphatic carbocycles. The van der Waals surface area contributed by atoms with Crippen molar-refractivity contribution in [1.29, 1.82) is 0 Å². The SMILES string of the molecule is O=C(O)C1=CNc2ccccc2[S+]1[O-]. The largest absolute Gasteiger partial charge is 0.606 e. The molecular weight excluding hydrogens is 202 g/mol. The predicted molar refractivity (Wildman–Crippen MR) is 52.2 cm³/mol. The number of carbonyl (C=O) groups is 1. The number of benzene rings is 1. The smallest absolute Gasteiger partial charge is 0.386 e. The molecule has 4 nitrogen and oxygen atoms in total. The van der Waals surface area contributed by atoms with Crippen LogP contribution in [0.25, 0.3) is 0 Å². The van der Waals surface area contributed by atoms with Gasteiger partial charge in [-0.15, -0.1) is 0 Å². The number of para-hydroxylation sites is 1. The predicted octanol–water partition coefficient (Wildman–Crippen LogP) is 1.15. The second kappa shape index (κ2) is 3.36. The Balaban J connectivity index is 2.44. The fraction of sp³-hybridized carbons (Fsp3) is 0. The van der Waals surface area contributed by atoms with E-state index >= 15 is 0 Å². The van der Waals surface area contributed by atoms with Gasteiger partial charge in [0.1, 0.15) is 0 Å². The minimum Gasteiger partial charge on any atom is -0.606 e. The van der Waals surface area contributed by atoms with Crippen LogP contribution in [0.4, 0.5) is 5.69 Å². The minimum atomic E-state index is -1.58. The highest BCUT2D eigenvalue weighted by Gasteiger charge is 2.30. The van der Waals surface area contributed by atoms with E-state index in [0.717, 1.165) is 0 Å². The molecule has 0 aromatic heterocycles. The molecule has 0 saturated carbocycles. The molecule has 1 aliphatic rings. The van der Waals surface area contributed by atoms with Crippen molar-refractivity contribution in [3.05, 3.63) is 35.4 Å². The molecule has 0 bridgehead atoms. The van der Waals surface area contributed by atoms with Crippen LogP contribution in [0.3, 0.4) is 0 Å². The van der Waals surface area contributed by atoms with Gasteiger partial charge in [0.15, 0.2) is 4.90 Å². The van der Waals surface area contributed by atoms with E-state index in [1.807, 2.05) is 0 Å². The maximum atomic E-state index is 11.7. The number of hydrogen-bond acceptors (Lipinski definition) is 3. The lowest BCUT2D eigenvalue weighted by Crippen LogP contribution is -2.19. The van der Waals surface area contributed by atoms with E-state index in [0.29, 0.717) is 10.6 Å². The lowest BCUT2D eigenvalue weighted by Gasteiger charge is -2.17. The van der Waals surface area contributed by atoms with Crippen LogP contribution in [0.15, 0.2) is 40.3 Å². The van der Waals surface area contributed by atoms with Gasteiger partial charge >= 0.3 is 5.97 Å². The Kier molecular flexibility index (Phi) is 2.18. The number of carboxylic acid groups (broad SMARTS) is 1. The van der Waals surface area contributed by atoms with Crippen LogP contribution in [-0.4, -0.2) is 15.6 Å². The Morgan fingerprint density at radius 2 is 2.14 bits per heavy atom. The number of anilines is 1. The van der Waals surface area contributed by atoms with Gasteiger partial charge in [-0.2, -0.15) is 0 Å². The summed E-state index contributed by atoms with van der Waals surface area (Å²) in [6.45, 7) is 0. The molecule has 0 amide bonds. The van der Waals surface area contributed by atoms with Gasteiger partial charge in [0, 0.05) is 11.2 Å². The van der Waals surface area contributed by atoms with Crippen molar-refractivity contribution in [2.24, 2.45) is 0 Å². The molecule has 2 rings (SSSR count). The van der Waals surface area contributed by atoms with E-state index in [-0.39, 0.29) is 4.91 Å². The first-order valence-electron chi connectivity index (χ1n) is 3.91. The third-order valence-electron chi connectivity index (χ3n) is 1.86. The van der Waals surface area contributed by atoms with Crippen LogP contribution >= 0.6 is 0 Å². The topological polar surface area (TPSA) is 72.4 Å². The summed E-state index contributed by atoms with van der Waals surface area (Å²) in [5, 5.41) is 11.5. The van der Waals surface area contributed by atoms with Crippen LogP contribution in [0.2, 0.25) is 0 Å². The summed E-state index contributed by atoms with van der Waals surface area (Å²) in [5.74, 6) is -1.16. The molecule has 14 heavy (non-hydrogen) atoms. The zero-order valence-corrected chi connectivity index (χ0v) is 7.88. The van der Waals surface area contributed by atoms with Gasteiger partial charge in [-0.3, -0.25) is 0 Å². The van der Waals surface area contributed by atoms with E-state index in [4.69, 9.17) is 5.11 Å². The van der Waals surface area contributed by atoms with Crippen LogP contribution in [0, 0.1) is 0 Å². The van der Waals surface area contributed by atoms with Crippen LogP contribution in [-0.2, 0) is 16.0 Å². The standard InChI is InChI=1S/C9H7NO3S/c11-9(12)8-5-10-6-3-1-2-4-7(6)14(8)13/h1-5,10H,(H,11,12). The molecule has 0 spiro atoms. The molecule has 2 N–H and O–H groups in total. The Morgan fingerprint density at radius 1 is 1.43 bits per heavy atom. The van der Waals surface area contributed by atoms with Crippen molar-refractivity contribution < 1.29 is 14.5 Å². The van der Waals surface area contributed by atoms with E-state index in [1.165, 1.54) is 6.20 Å².